The molecule has 2 aliphatic rings. The van der Waals surface area contributed by atoms with Gasteiger partial charge in [-0.1, -0.05) is 0 Å². The molecule has 0 amide bonds. The van der Waals surface area contributed by atoms with Gasteiger partial charge in [-0.05, 0) is 25.7 Å². The highest BCUT2D eigenvalue weighted by atomic mass is 16.5. The van der Waals surface area contributed by atoms with E-state index in [1.807, 2.05) is 0 Å². The van der Waals surface area contributed by atoms with Gasteiger partial charge in [0.2, 0.25) is 0 Å². The van der Waals surface area contributed by atoms with E-state index in [2.05, 4.69) is 4.90 Å². The largest absolute Gasteiger partial charge is 0.395 e. The molecule has 1 unspecified atom stereocenters. The number of aliphatic hydroxyl groups excluding tert-OH is 1. The maximum atomic E-state index is 11.3. The average molecular weight is 227 g/mol. The molecule has 1 N–H and O–H groups in total. The van der Waals surface area contributed by atoms with Gasteiger partial charge >= 0.3 is 0 Å². The Bertz CT molecular complexity index is 234. The van der Waals surface area contributed by atoms with Crippen LogP contribution in [0.3, 0.4) is 0 Å². The molecule has 1 atom stereocenters. The molecule has 1 aliphatic heterocycles. The van der Waals surface area contributed by atoms with Gasteiger partial charge in [-0.3, -0.25) is 4.90 Å². The number of nitrogens with zero attached hydrogens (tertiary/aromatic N) is 1. The fraction of sp³-hybridized carbons (Fsp3) is 0.917. The van der Waals surface area contributed by atoms with Crippen molar-refractivity contribution in [3.8, 4) is 0 Å². The van der Waals surface area contributed by atoms with Gasteiger partial charge in [0.25, 0.3) is 0 Å². The first-order valence-corrected chi connectivity index (χ1v) is 6.19. The van der Waals surface area contributed by atoms with Crippen molar-refractivity contribution in [2.24, 2.45) is 5.41 Å². The van der Waals surface area contributed by atoms with Gasteiger partial charge in [-0.15, -0.1) is 0 Å². The van der Waals surface area contributed by atoms with Crippen molar-refractivity contribution in [2.45, 2.75) is 31.7 Å². The second-order valence-corrected chi connectivity index (χ2v) is 5.06. The number of aldehydes is 1. The Morgan fingerprint density at radius 3 is 2.81 bits per heavy atom. The molecule has 0 aromatic rings. The number of hydrogen-bond donors (Lipinski definition) is 1. The number of hydrogen-bond acceptors (Lipinski definition) is 4. The van der Waals surface area contributed by atoms with Crippen molar-refractivity contribution >= 4 is 6.29 Å². The van der Waals surface area contributed by atoms with Gasteiger partial charge in [0.15, 0.2) is 0 Å². The van der Waals surface area contributed by atoms with E-state index in [-0.39, 0.29) is 12.0 Å². The molecule has 4 nitrogen and oxygen atoms in total. The predicted molar refractivity (Wildman–Crippen MR) is 60.2 cm³/mol. The Morgan fingerprint density at radius 2 is 2.31 bits per heavy atom. The van der Waals surface area contributed by atoms with E-state index in [1.54, 1.807) is 0 Å². The highest BCUT2D eigenvalue weighted by molar-refractivity contribution is 5.60. The molecule has 4 heteroatoms. The van der Waals surface area contributed by atoms with E-state index < -0.39 is 0 Å². The summed E-state index contributed by atoms with van der Waals surface area (Å²) < 4.78 is 5.44. The van der Waals surface area contributed by atoms with Crippen LogP contribution >= 0.6 is 0 Å². The molecule has 1 heterocycles. The lowest BCUT2D eigenvalue weighted by atomic mass is 9.83. The van der Waals surface area contributed by atoms with Gasteiger partial charge < -0.3 is 14.6 Å². The van der Waals surface area contributed by atoms with Gasteiger partial charge in [0.1, 0.15) is 6.29 Å². The fourth-order valence-corrected chi connectivity index (χ4v) is 2.49. The van der Waals surface area contributed by atoms with Crippen molar-refractivity contribution in [3.63, 3.8) is 0 Å². The predicted octanol–water partition coefficient (Wildman–Crippen LogP) is 0.439. The third-order valence-electron chi connectivity index (χ3n) is 3.57. The molecule has 0 bridgehead atoms. The lowest BCUT2D eigenvalue weighted by molar-refractivity contribution is -0.126. The van der Waals surface area contributed by atoms with Crippen LogP contribution in [0.15, 0.2) is 0 Å². The summed E-state index contributed by atoms with van der Waals surface area (Å²) in [5.74, 6) is 0. The molecule has 16 heavy (non-hydrogen) atoms. The van der Waals surface area contributed by atoms with Crippen molar-refractivity contribution in [1.82, 2.24) is 4.90 Å². The summed E-state index contributed by atoms with van der Waals surface area (Å²) in [6.07, 6.45) is 5.37. The van der Waals surface area contributed by atoms with Gasteiger partial charge in [-0.2, -0.15) is 0 Å². The fourth-order valence-electron chi connectivity index (χ4n) is 2.49. The van der Waals surface area contributed by atoms with Crippen molar-refractivity contribution in [1.29, 1.82) is 0 Å². The third-order valence-corrected chi connectivity index (χ3v) is 3.57. The van der Waals surface area contributed by atoms with E-state index in [9.17, 15) is 4.79 Å². The quantitative estimate of drug-likeness (QED) is 0.669. The van der Waals surface area contributed by atoms with Crippen LogP contribution in [0.5, 0.6) is 0 Å². The van der Waals surface area contributed by atoms with E-state index in [4.69, 9.17) is 9.84 Å². The molecule has 1 aliphatic carbocycles. The monoisotopic (exact) mass is 227 g/mol. The van der Waals surface area contributed by atoms with Crippen LogP contribution in [-0.2, 0) is 9.53 Å². The molecule has 1 saturated heterocycles. The Morgan fingerprint density at radius 1 is 1.50 bits per heavy atom. The maximum absolute atomic E-state index is 11.3. The first kappa shape index (κ1) is 12.0. The highest BCUT2D eigenvalue weighted by Gasteiger charge is 2.38. The van der Waals surface area contributed by atoms with Crippen LogP contribution in [0.2, 0.25) is 0 Å². The third kappa shape index (κ3) is 2.81. The number of rotatable bonds is 6. The molecule has 0 spiro atoms. The van der Waals surface area contributed by atoms with Crippen molar-refractivity contribution in [3.05, 3.63) is 0 Å². The standard InChI is InChI=1S/C12H21NO3/c14-6-5-13(11-2-3-11)8-12(9-15)4-1-7-16-10-12/h9,11,14H,1-8,10H2. The molecule has 0 aromatic carbocycles. The minimum absolute atomic E-state index is 0.173. The van der Waals surface area contributed by atoms with Crippen molar-refractivity contribution in [2.75, 3.05) is 32.9 Å². The first-order chi connectivity index (χ1) is 7.79. The summed E-state index contributed by atoms with van der Waals surface area (Å²) in [6, 6.07) is 0.589. The minimum atomic E-state index is -0.323. The summed E-state index contributed by atoms with van der Waals surface area (Å²) in [6.45, 7) is 2.93. The van der Waals surface area contributed by atoms with Gasteiger partial charge in [0.05, 0.1) is 18.6 Å². The Labute approximate surface area is 96.6 Å². The van der Waals surface area contributed by atoms with Crippen LogP contribution in [-0.4, -0.2) is 55.2 Å². The van der Waals surface area contributed by atoms with Crippen molar-refractivity contribution < 1.29 is 14.6 Å². The minimum Gasteiger partial charge on any atom is -0.395 e. The lowest BCUT2D eigenvalue weighted by Crippen LogP contribution is -2.46. The van der Waals surface area contributed by atoms with E-state index in [0.717, 1.165) is 32.3 Å². The van der Waals surface area contributed by atoms with Crippen LogP contribution < -0.4 is 0 Å². The summed E-state index contributed by atoms with van der Waals surface area (Å²) >= 11 is 0. The second kappa shape index (κ2) is 5.25. The SMILES string of the molecule is O=CC1(CN(CCO)C2CC2)CCCOC1. The van der Waals surface area contributed by atoms with Crippen LogP contribution in [0, 0.1) is 5.41 Å². The number of carbonyl (C=O) groups excluding carboxylic acids is 1. The van der Waals surface area contributed by atoms with Gasteiger partial charge in [-0.25, -0.2) is 0 Å². The summed E-state index contributed by atoms with van der Waals surface area (Å²) in [5.41, 5.74) is -0.323. The molecule has 0 radical (unpaired) electrons. The molecule has 2 fully saturated rings. The van der Waals surface area contributed by atoms with Crippen LogP contribution in [0.4, 0.5) is 0 Å². The zero-order valence-corrected chi connectivity index (χ0v) is 9.73. The lowest BCUT2D eigenvalue weighted by Gasteiger charge is -2.36. The molecule has 2 rings (SSSR count). The zero-order chi connectivity index (χ0) is 11.4. The molecular formula is C12H21NO3. The first-order valence-electron chi connectivity index (χ1n) is 6.19. The Kier molecular flexibility index (Phi) is 3.95. The van der Waals surface area contributed by atoms with E-state index in [0.29, 0.717) is 19.2 Å². The number of carbonyl (C=O) groups is 1. The van der Waals surface area contributed by atoms with E-state index >= 15 is 0 Å². The summed E-state index contributed by atoms with van der Waals surface area (Å²) in [7, 11) is 0. The maximum Gasteiger partial charge on any atom is 0.129 e. The number of ether oxygens (including phenoxy) is 1. The Balaban J connectivity index is 1.94. The molecule has 92 valence electrons. The second-order valence-electron chi connectivity index (χ2n) is 5.06. The van der Waals surface area contributed by atoms with Crippen LogP contribution in [0.1, 0.15) is 25.7 Å². The topological polar surface area (TPSA) is 49.8 Å². The molecule has 0 aromatic heterocycles. The molecule has 1 saturated carbocycles. The summed E-state index contributed by atoms with van der Waals surface area (Å²) in [4.78, 5) is 13.5. The normalized spacial score (nSPS) is 30.6. The van der Waals surface area contributed by atoms with Crippen LogP contribution in [0.25, 0.3) is 0 Å². The van der Waals surface area contributed by atoms with E-state index in [1.165, 1.54) is 12.8 Å². The Hall–Kier alpha value is -0.450. The highest BCUT2D eigenvalue weighted by Crippen LogP contribution is 2.33. The molecular weight excluding hydrogens is 206 g/mol. The average Bonchev–Trinajstić information content (AvgIpc) is 3.14. The smallest absolute Gasteiger partial charge is 0.129 e. The van der Waals surface area contributed by atoms with Gasteiger partial charge in [0, 0.05) is 25.7 Å². The number of aliphatic hydroxyl groups is 1. The zero-order valence-electron chi connectivity index (χ0n) is 9.73. The summed E-state index contributed by atoms with van der Waals surface area (Å²) in [5, 5.41) is 9.04.